The van der Waals surface area contributed by atoms with Gasteiger partial charge >= 0.3 is 0 Å². The van der Waals surface area contributed by atoms with Gasteiger partial charge in [-0.05, 0) is 60.2 Å². The monoisotopic (exact) mass is 459 g/mol. The minimum Gasteiger partial charge on any atom is -0.347 e. The molecular formula is C26H25N3O3S. The zero-order chi connectivity index (χ0) is 23.2. The SMILES string of the molecule is Cc1ccccc1C(=O)N/C(=C\c1cccs1)C(=O)NCc1cccc(N2CCCC2=O)c1. The highest BCUT2D eigenvalue weighted by Crippen LogP contribution is 2.22. The maximum absolute atomic E-state index is 13.0. The van der Waals surface area contributed by atoms with Crippen LogP contribution in [0.25, 0.3) is 6.08 Å². The molecule has 0 unspecified atom stereocenters. The number of aryl methyl sites for hydroxylation is 1. The lowest BCUT2D eigenvalue weighted by Gasteiger charge is -2.17. The molecule has 2 heterocycles. The van der Waals surface area contributed by atoms with E-state index < -0.39 is 0 Å². The number of rotatable bonds is 7. The number of hydrogen-bond donors (Lipinski definition) is 2. The molecule has 4 rings (SSSR count). The van der Waals surface area contributed by atoms with Crippen molar-refractivity contribution in [2.75, 3.05) is 11.4 Å². The fraction of sp³-hybridized carbons (Fsp3) is 0.192. The molecular weight excluding hydrogens is 434 g/mol. The van der Waals surface area contributed by atoms with Crippen LogP contribution in [-0.2, 0) is 16.1 Å². The molecule has 0 atom stereocenters. The van der Waals surface area contributed by atoms with Crippen molar-refractivity contribution in [2.24, 2.45) is 0 Å². The standard InChI is InChI=1S/C26H25N3O3S/c1-18-7-2-3-11-22(18)25(31)28-23(16-21-10-6-14-33-21)26(32)27-17-19-8-4-9-20(15-19)29-13-5-12-24(29)30/h2-4,6-11,14-16H,5,12-13,17H2,1H3,(H,27,32)(H,28,31)/b23-16-. The lowest BCUT2D eigenvalue weighted by atomic mass is 10.1. The molecule has 0 saturated carbocycles. The van der Waals surface area contributed by atoms with Crippen LogP contribution in [0.4, 0.5) is 5.69 Å². The maximum atomic E-state index is 13.0. The van der Waals surface area contributed by atoms with Crippen LogP contribution in [-0.4, -0.2) is 24.3 Å². The fourth-order valence-corrected chi connectivity index (χ4v) is 4.38. The first-order valence-corrected chi connectivity index (χ1v) is 11.7. The maximum Gasteiger partial charge on any atom is 0.268 e. The van der Waals surface area contributed by atoms with Gasteiger partial charge < -0.3 is 15.5 Å². The number of carbonyl (C=O) groups is 3. The molecule has 0 spiro atoms. The van der Waals surface area contributed by atoms with Gasteiger partial charge in [0.05, 0.1) is 0 Å². The summed E-state index contributed by atoms with van der Waals surface area (Å²) in [6.45, 7) is 2.85. The van der Waals surface area contributed by atoms with Gasteiger partial charge in [-0.1, -0.05) is 36.4 Å². The third-order valence-corrected chi connectivity index (χ3v) is 6.28. The number of benzene rings is 2. The van der Waals surface area contributed by atoms with Crippen molar-refractivity contribution in [2.45, 2.75) is 26.3 Å². The third-order valence-electron chi connectivity index (χ3n) is 5.46. The van der Waals surface area contributed by atoms with E-state index in [0.717, 1.165) is 28.1 Å². The summed E-state index contributed by atoms with van der Waals surface area (Å²) < 4.78 is 0. The second-order valence-electron chi connectivity index (χ2n) is 7.84. The number of carbonyl (C=O) groups excluding carboxylic acids is 3. The Bertz CT molecular complexity index is 1200. The Morgan fingerprint density at radius 1 is 1.09 bits per heavy atom. The average molecular weight is 460 g/mol. The highest BCUT2D eigenvalue weighted by molar-refractivity contribution is 7.10. The molecule has 33 heavy (non-hydrogen) atoms. The molecule has 1 saturated heterocycles. The van der Waals surface area contributed by atoms with Crippen LogP contribution in [0.2, 0.25) is 0 Å². The van der Waals surface area contributed by atoms with Crippen molar-refractivity contribution in [1.29, 1.82) is 0 Å². The van der Waals surface area contributed by atoms with Gasteiger partial charge in [0.1, 0.15) is 5.70 Å². The first-order chi connectivity index (χ1) is 16.0. The van der Waals surface area contributed by atoms with Crippen LogP contribution in [0.1, 0.15) is 39.2 Å². The summed E-state index contributed by atoms with van der Waals surface area (Å²) in [7, 11) is 0. The smallest absolute Gasteiger partial charge is 0.268 e. The van der Waals surface area contributed by atoms with E-state index in [-0.39, 0.29) is 30.0 Å². The van der Waals surface area contributed by atoms with Gasteiger partial charge in [-0.25, -0.2) is 0 Å². The van der Waals surface area contributed by atoms with Gasteiger partial charge in [0, 0.05) is 35.6 Å². The lowest BCUT2D eigenvalue weighted by Crippen LogP contribution is -2.34. The first kappa shape index (κ1) is 22.5. The largest absolute Gasteiger partial charge is 0.347 e. The Labute approximate surface area is 196 Å². The van der Waals surface area contributed by atoms with Crippen LogP contribution < -0.4 is 15.5 Å². The minimum atomic E-state index is -0.381. The average Bonchev–Trinajstić information content (AvgIpc) is 3.49. The van der Waals surface area contributed by atoms with Gasteiger partial charge in [-0.2, -0.15) is 0 Å². The van der Waals surface area contributed by atoms with Crippen LogP contribution in [0, 0.1) is 6.92 Å². The molecule has 6 nitrogen and oxygen atoms in total. The molecule has 1 aromatic heterocycles. The highest BCUT2D eigenvalue weighted by atomic mass is 32.1. The number of nitrogens with zero attached hydrogens (tertiary/aromatic N) is 1. The van der Waals surface area contributed by atoms with Crippen molar-refractivity contribution >= 4 is 40.8 Å². The van der Waals surface area contributed by atoms with E-state index in [4.69, 9.17) is 0 Å². The predicted molar refractivity (Wildman–Crippen MR) is 131 cm³/mol. The predicted octanol–water partition coefficient (Wildman–Crippen LogP) is 4.27. The number of thiophene rings is 1. The van der Waals surface area contributed by atoms with Gasteiger partial charge in [0.15, 0.2) is 0 Å². The second-order valence-corrected chi connectivity index (χ2v) is 8.82. The molecule has 168 valence electrons. The Hall–Kier alpha value is -3.71. The topological polar surface area (TPSA) is 78.5 Å². The zero-order valence-electron chi connectivity index (χ0n) is 18.3. The Balaban J connectivity index is 1.49. The molecule has 7 heteroatoms. The summed E-state index contributed by atoms with van der Waals surface area (Å²) in [6, 6.07) is 18.6. The van der Waals surface area contributed by atoms with E-state index in [1.165, 1.54) is 11.3 Å². The normalized spacial score (nSPS) is 13.8. The highest BCUT2D eigenvalue weighted by Gasteiger charge is 2.22. The van der Waals surface area contributed by atoms with Crippen molar-refractivity contribution in [3.8, 4) is 0 Å². The zero-order valence-corrected chi connectivity index (χ0v) is 19.2. The summed E-state index contributed by atoms with van der Waals surface area (Å²) in [6.07, 6.45) is 3.10. The van der Waals surface area contributed by atoms with Crippen LogP contribution in [0.15, 0.2) is 71.7 Å². The van der Waals surface area contributed by atoms with Crippen molar-refractivity contribution < 1.29 is 14.4 Å². The summed E-state index contributed by atoms with van der Waals surface area (Å²) in [5.41, 5.74) is 3.24. The van der Waals surface area contributed by atoms with E-state index in [1.807, 2.05) is 60.8 Å². The number of nitrogens with one attached hydrogen (secondary N) is 2. The quantitative estimate of drug-likeness (QED) is 0.518. The van der Waals surface area contributed by atoms with Gasteiger partial charge in [0.2, 0.25) is 5.91 Å². The Kier molecular flexibility index (Phi) is 7.00. The van der Waals surface area contributed by atoms with Crippen LogP contribution in [0.3, 0.4) is 0 Å². The summed E-state index contributed by atoms with van der Waals surface area (Å²) in [5.74, 6) is -0.593. The Morgan fingerprint density at radius 3 is 2.67 bits per heavy atom. The first-order valence-electron chi connectivity index (χ1n) is 10.8. The van der Waals surface area contributed by atoms with E-state index in [9.17, 15) is 14.4 Å². The lowest BCUT2D eigenvalue weighted by molar-refractivity contribution is -0.118. The molecule has 0 bridgehead atoms. The van der Waals surface area contributed by atoms with Crippen molar-refractivity contribution in [3.63, 3.8) is 0 Å². The van der Waals surface area contributed by atoms with E-state index in [2.05, 4.69) is 10.6 Å². The fourth-order valence-electron chi connectivity index (χ4n) is 3.72. The molecule has 2 aromatic carbocycles. The summed E-state index contributed by atoms with van der Waals surface area (Å²) in [5, 5.41) is 7.58. The second kappa shape index (κ2) is 10.3. The van der Waals surface area contributed by atoms with Gasteiger partial charge in [-0.3, -0.25) is 14.4 Å². The third kappa shape index (κ3) is 5.56. The van der Waals surface area contributed by atoms with E-state index in [0.29, 0.717) is 18.5 Å². The van der Waals surface area contributed by atoms with Crippen molar-refractivity contribution in [1.82, 2.24) is 10.6 Å². The number of anilines is 1. The Morgan fingerprint density at radius 2 is 1.94 bits per heavy atom. The van der Waals surface area contributed by atoms with Crippen LogP contribution in [0.5, 0.6) is 0 Å². The minimum absolute atomic E-state index is 0.122. The molecule has 1 fully saturated rings. The molecule has 1 aliphatic rings. The molecule has 0 radical (unpaired) electrons. The van der Waals surface area contributed by atoms with Crippen LogP contribution >= 0.6 is 11.3 Å². The summed E-state index contributed by atoms with van der Waals surface area (Å²) in [4.78, 5) is 40.6. The molecule has 2 N–H and O–H groups in total. The number of amides is 3. The molecule has 0 aliphatic carbocycles. The molecule has 3 amide bonds. The van der Waals surface area contributed by atoms with E-state index in [1.54, 1.807) is 23.1 Å². The molecule has 1 aliphatic heterocycles. The van der Waals surface area contributed by atoms with Gasteiger partial charge in [-0.15, -0.1) is 11.3 Å². The molecule has 3 aromatic rings. The number of hydrogen-bond acceptors (Lipinski definition) is 4. The summed E-state index contributed by atoms with van der Waals surface area (Å²) >= 11 is 1.48. The van der Waals surface area contributed by atoms with E-state index >= 15 is 0 Å². The van der Waals surface area contributed by atoms with Gasteiger partial charge in [0.25, 0.3) is 11.8 Å². The van der Waals surface area contributed by atoms with Crippen molar-refractivity contribution in [3.05, 3.63) is 93.3 Å².